The molecule has 0 bridgehead atoms. The Bertz CT molecular complexity index is 814. The largest absolute Gasteiger partial charge is 0.364 e. The minimum Gasteiger partial charge on any atom is -0.364 e. The fraction of sp³-hybridized carbons (Fsp3) is 0.294. The maximum absolute atomic E-state index is 12.1. The van der Waals surface area contributed by atoms with Gasteiger partial charge in [0.1, 0.15) is 12.5 Å². The molecule has 2 aromatic heterocycles. The van der Waals surface area contributed by atoms with Gasteiger partial charge >= 0.3 is 0 Å². The molecule has 1 atom stereocenters. The van der Waals surface area contributed by atoms with E-state index < -0.39 is 6.23 Å². The van der Waals surface area contributed by atoms with E-state index in [9.17, 15) is 4.79 Å². The molecule has 7 heteroatoms. The van der Waals surface area contributed by atoms with E-state index in [1.165, 1.54) is 12.3 Å². The molecule has 3 aromatic rings. The summed E-state index contributed by atoms with van der Waals surface area (Å²) < 4.78 is 10.3. The number of rotatable bonds is 7. The fourth-order valence-electron chi connectivity index (χ4n) is 2.59. The zero-order valence-corrected chi connectivity index (χ0v) is 14.0. The first-order valence-electron chi connectivity index (χ1n) is 7.75. The molecular weight excluding hydrogens is 330 g/mol. The standard InChI is InChI=1S/C17H18ClN3O3/c1-2-23-16(20-17(22)15-7-8-24-21-15)6-3-11-10-19-14-5-4-12(18)9-13(11)14/h4-5,7-10,16,19H,2-3,6H2,1H3,(H,20,22). The number of aromatic amines is 1. The molecule has 0 aliphatic heterocycles. The van der Waals surface area contributed by atoms with Crippen molar-refractivity contribution in [2.45, 2.75) is 26.0 Å². The first kappa shape index (κ1) is 16.5. The van der Waals surface area contributed by atoms with Crippen molar-refractivity contribution in [1.29, 1.82) is 0 Å². The van der Waals surface area contributed by atoms with E-state index in [-0.39, 0.29) is 11.6 Å². The topological polar surface area (TPSA) is 80.1 Å². The molecule has 0 aliphatic carbocycles. The molecule has 1 aromatic carbocycles. The number of hydrogen-bond acceptors (Lipinski definition) is 4. The molecule has 0 fully saturated rings. The lowest BCUT2D eigenvalue weighted by Gasteiger charge is -2.17. The van der Waals surface area contributed by atoms with Gasteiger partial charge in [-0.3, -0.25) is 4.79 Å². The van der Waals surface area contributed by atoms with Gasteiger partial charge in [-0.05, 0) is 43.5 Å². The van der Waals surface area contributed by atoms with Crippen molar-refractivity contribution in [2.75, 3.05) is 6.61 Å². The molecule has 24 heavy (non-hydrogen) atoms. The average Bonchev–Trinajstić information content (AvgIpc) is 3.22. The Balaban J connectivity index is 1.67. The lowest BCUT2D eigenvalue weighted by Crippen LogP contribution is -2.37. The van der Waals surface area contributed by atoms with Gasteiger partial charge in [-0.2, -0.15) is 0 Å². The van der Waals surface area contributed by atoms with Crippen LogP contribution in [0.4, 0.5) is 0 Å². The summed E-state index contributed by atoms with van der Waals surface area (Å²) in [6.07, 6.45) is 4.30. The number of carbonyl (C=O) groups excluding carboxylic acids is 1. The van der Waals surface area contributed by atoms with Crippen LogP contribution in [0.3, 0.4) is 0 Å². The second kappa shape index (κ2) is 7.51. The van der Waals surface area contributed by atoms with Gasteiger partial charge in [0.2, 0.25) is 0 Å². The highest BCUT2D eigenvalue weighted by atomic mass is 35.5. The number of nitrogens with one attached hydrogen (secondary N) is 2. The van der Waals surface area contributed by atoms with Gasteiger partial charge in [0.15, 0.2) is 5.69 Å². The first-order valence-corrected chi connectivity index (χ1v) is 8.13. The van der Waals surface area contributed by atoms with Crippen LogP contribution in [-0.4, -0.2) is 28.9 Å². The van der Waals surface area contributed by atoms with Crippen molar-refractivity contribution in [3.05, 3.63) is 53.0 Å². The van der Waals surface area contributed by atoms with E-state index >= 15 is 0 Å². The Morgan fingerprint density at radius 3 is 3.08 bits per heavy atom. The summed E-state index contributed by atoms with van der Waals surface area (Å²) in [5, 5.41) is 8.23. The summed E-state index contributed by atoms with van der Waals surface area (Å²) in [6.45, 7) is 2.39. The van der Waals surface area contributed by atoms with Gasteiger partial charge in [0.05, 0.1) is 0 Å². The van der Waals surface area contributed by atoms with Crippen LogP contribution in [0.25, 0.3) is 10.9 Å². The third-order valence-corrected chi connectivity index (χ3v) is 3.97. The smallest absolute Gasteiger partial charge is 0.275 e. The summed E-state index contributed by atoms with van der Waals surface area (Å²) in [7, 11) is 0. The number of fused-ring (bicyclic) bond motifs is 1. The highest BCUT2D eigenvalue weighted by Gasteiger charge is 2.16. The van der Waals surface area contributed by atoms with Crippen LogP contribution in [-0.2, 0) is 11.2 Å². The molecule has 0 aliphatic rings. The van der Waals surface area contributed by atoms with Crippen LogP contribution in [0.2, 0.25) is 5.02 Å². The first-order chi connectivity index (χ1) is 11.7. The number of aryl methyl sites for hydroxylation is 1. The number of amides is 1. The number of ether oxygens (including phenoxy) is 1. The Morgan fingerprint density at radius 1 is 1.46 bits per heavy atom. The lowest BCUT2D eigenvalue weighted by atomic mass is 10.1. The second-order valence-corrected chi connectivity index (χ2v) is 5.78. The van der Waals surface area contributed by atoms with Crippen molar-refractivity contribution in [1.82, 2.24) is 15.5 Å². The monoisotopic (exact) mass is 347 g/mol. The minimum absolute atomic E-state index is 0.235. The van der Waals surface area contributed by atoms with E-state index in [2.05, 4.69) is 20.0 Å². The number of aromatic nitrogens is 2. The maximum atomic E-state index is 12.1. The van der Waals surface area contributed by atoms with Crippen molar-refractivity contribution in [3.8, 4) is 0 Å². The molecular formula is C17H18ClN3O3. The Hall–Kier alpha value is -2.31. The number of H-pyrrole nitrogens is 1. The van der Waals surface area contributed by atoms with E-state index in [0.29, 0.717) is 18.1 Å². The van der Waals surface area contributed by atoms with E-state index in [1.54, 1.807) is 0 Å². The SMILES string of the molecule is CCOC(CCc1c[nH]c2ccc(Cl)cc12)NC(=O)c1ccon1. The lowest BCUT2D eigenvalue weighted by molar-refractivity contribution is 0.0298. The average molecular weight is 348 g/mol. The van der Waals surface area contributed by atoms with Crippen molar-refractivity contribution >= 4 is 28.4 Å². The van der Waals surface area contributed by atoms with Gasteiger partial charge in [0.25, 0.3) is 5.91 Å². The molecule has 0 radical (unpaired) electrons. The molecule has 1 unspecified atom stereocenters. The Labute approximate surface area is 144 Å². The predicted octanol–water partition coefficient (Wildman–Crippen LogP) is 3.53. The minimum atomic E-state index is -0.400. The normalized spacial score (nSPS) is 12.4. The van der Waals surface area contributed by atoms with Crippen LogP contribution in [0, 0.1) is 0 Å². The van der Waals surface area contributed by atoms with E-state index in [4.69, 9.17) is 16.3 Å². The third-order valence-electron chi connectivity index (χ3n) is 3.74. The molecule has 1 amide bonds. The Kier molecular flexibility index (Phi) is 5.17. The van der Waals surface area contributed by atoms with Crippen LogP contribution in [0.5, 0.6) is 0 Å². The number of carbonyl (C=O) groups is 1. The zero-order chi connectivity index (χ0) is 16.9. The summed E-state index contributed by atoms with van der Waals surface area (Å²) in [5.41, 5.74) is 2.40. The molecule has 3 rings (SSSR count). The van der Waals surface area contributed by atoms with Gasteiger partial charge < -0.3 is 19.6 Å². The highest BCUT2D eigenvalue weighted by Crippen LogP contribution is 2.23. The van der Waals surface area contributed by atoms with Crippen LogP contribution >= 0.6 is 11.6 Å². The molecule has 6 nitrogen and oxygen atoms in total. The molecule has 0 saturated heterocycles. The molecule has 2 N–H and O–H groups in total. The predicted molar refractivity (Wildman–Crippen MR) is 91.0 cm³/mol. The zero-order valence-electron chi connectivity index (χ0n) is 13.2. The Morgan fingerprint density at radius 2 is 2.33 bits per heavy atom. The molecule has 2 heterocycles. The van der Waals surface area contributed by atoms with Crippen LogP contribution in [0.15, 0.2) is 41.2 Å². The van der Waals surface area contributed by atoms with Crippen LogP contribution < -0.4 is 5.32 Å². The molecule has 126 valence electrons. The van der Waals surface area contributed by atoms with Gasteiger partial charge in [0, 0.05) is 34.8 Å². The maximum Gasteiger partial charge on any atom is 0.275 e. The number of hydrogen-bond donors (Lipinski definition) is 2. The number of halogens is 1. The van der Waals surface area contributed by atoms with Gasteiger partial charge in [-0.15, -0.1) is 0 Å². The highest BCUT2D eigenvalue weighted by molar-refractivity contribution is 6.31. The van der Waals surface area contributed by atoms with E-state index in [0.717, 1.165) is 22.9 Å². The second-order valence-electron chi connectivity index (χ2n) is 5.34. The van der Waals surface area contributed by atoms with Crippen LogP contribution in [0.1, 0.15) is 29.4 Å². The molecule has 0 saturated carbocycles. The van der Waals surface area contributed by atoms with Gasteiger partial charge in [-0.25, -0.2) is 0 Å². The number of nitrogens with zero attached hydrogens (tertiary/aromatic N) is 1. The number of benzene rings is 1. The summed E-state index contributed by atoms with van der Waals surface area (Å²) in [4.78, 5) is 15.3. The van der Waals surface area contributed by atoms with Crippen molar-refractivity contribution in [2.24, 2.45) is 0 Å². The third kappa shape index (κ3) is 3.77. The molecule has 0 spiro atoms. The van der Waals surface area contributed by atoms with E-state index in [1.807, 2.05) is 31.3 Å². The van der Waals surface area contributed by atoms with Gasteiger partial charge in [-0.1, -0.05) is 16.8 Å². The summed E-state index contributed by atoms with van der Waals surface area (Å²) in [6, 6.07) is 7.26. The summed E-state index contributed by atoms with van der Waals surface area (Å²) in [5.74, 6) is -0.316. The van der Waals surface area contributed by atoms with Crippen molar-refractivity contribution in [3.63, 3.8) is 0 Å². The summed E-state index contributed by atoms with van der Waals surface area (Å²) >= 11 is 6.07. The quantitative estimate of drug-likeness (QED) is 0.641. The van der Waals surface area contributed by atoms with Crippen molar-refractivity contribution < 1.29 is 14.1 Å². The fourth-order valence-corrected chi connectivity index (χ4v) is 2.76.